The van der Waals surface area contributed by atoms with E-state index in [0.717, 1.165) is 0 Å². The van der Waals surface area contributed by atoms with Crippen molar-refractivity contribution in [2.45, 2.75) is 0 Å². The Kier molecular flexibility index (Phi) is 5.54. The fourth-order valence-corrected chi connectivity index (χ4v) is 3.99. The van der Waals surface area contributed by atoms with Crippen LogP contribution in [0.1, 0.15) is 20.7 Å². The van der Waals surface area contributed by atoms with Crippen molar-refractivity contribution >= 4 is 55.1 Å². The van der Waals surface area contributed by atoms with Crippen molar-refractivity contribution in [3.05, 3.63) is 92.9 Å². The lowest BCUT2D eigenvalue weighted by Gasteiger charge is -2.26. The minimum atomic E-state index is -1.12. The molecule has 3 aromatic carbocycles. The van der Waals surface area contributed by atoms with E-state index < -0.39 is 5.97 Å². The van der Waals surface area contributed by atoms with Gasteiger partial charge < -0.3 is 5.11 Å². The Balaban J connectivity index is 2.26. The topological polar surface area (TPSA) is 57.6 Å². The number of anilines is 2. The Morgan fingerprint density at radius 3 is 2.00 bits per heavy atom. The zero-order valence-electron chi connectivity index (χ0n) is 13.4. The molecule has 0 spiro atoms. The number of rotatable bonds is 4. The molecule has 1 amide bonds. The van der Waals surface area contributed by atoms with E-state index in [4.69, 9.17) is 0 Å². The lowest BCUT2D eigenvalue weighted by Crippen LogP contribution is -2.28. The van der Waals surface area contributed by atoms with Crippen LogP contribution in [0.3, 0.4) is 0 Å². The van der Waals surface area contributed by atoms with Gasteiger partial charge in [0.25, 0.3) is 5.91 Å². The van der Waals surface area contributed by atoms with Gasteiger partial charge in [0.2, 0.25) is 0 Å². The van der Waals surface area contributed by atoms with Crippen LogP contribution in [0.2, 0.25) is 0 Å². The average molecular weight is 475 g/mol. The molecule has 1 N–H and O–H groups in total. The maximum absolute atomic E-state index is 13.3. The van der Waals surface area contributed by atoms with Crippen LogP contribution in [0.4, 0.5) is 11.4 Å². The van der Waals surface area contributed by atoms with Gasteiger partial charge in [0.05, 0.1) is 11.3 Å². The van der Waals surface area contributed by atoms with Gasteiger partial charge in [-0.25, -0.2) is 4.79 Å². The van der Waals surface area contributed by atoms with E-state index >= 15 is 0 Å². The molecular weight excluding hydrogens is 462 g/mol. The van der Waals surface area contributed by atoms with Crippen LogP contribution in [0.5, 0.6) is 0 Å². The third-order valence-electron chi connectivity index (χ3n) is 3.72. The highest BCUT2D eigenvalue weighted by atomic mass is 79.9. The van der Waals surface area contributed by atoms with Crippen LogP contribution in [0.25, 0.3) is 0 Å². The largest absolute Gasteiger partial charge is 0.478 e. The van der Waals surface area contributed by atoms with E-state index in [1.807, 2.05) is 12.1 Å². The fraction of sp³-hybridized carbons (Fsp3) is 0. The number of nitrogens with zero attached hydrogens (tertiary/aromatic N) is 1. The number of carboxylic acid groups (broad SMARTS) is 1. The number of aromatic carboxylic acids is 1. The van der Waals surface area contributed by atoms with Gasteiger partial charge in [-0.2, -0.15) is 0 Å². The van der Waals surface area contributed by atoms with E-state index in [0.29, 0.717) is 20.2 Å². The monoisotopic (exact) mass is 473 g/mol. The van der Waals surface area contributed by atoms with E-state index in [-0.39, 0.29) is 17.2 Å². The van der Waals surface area contributed by atoms with Crippen molar-refractivity contribution < 1.29 is 14.7 Å². The highest BCUT2D eigenvalue weighted by Crippen LogP contribution is 2.38. The predicted octanol–water partition coefficient (Wildman–Crippen LogP) is 5.89. The van der Waals surface area contributed by atoms with Gasteiger partial charge in [0, 0.05) is 20.2 Å². The minimum Gasteiger partial charge on any atom is -0.478 e. The number of carbonyl (C=O) groups is 2. The standard InChI is InChI=1S/C20H13Br2NO3/c21-14-11-16(20(25)26)18(17(22)12-14)23(15-9-5-2-6-10-15)19(24)13-7-3-1-4-8-13/h1-12H,(H,25,26). The van der Waals surface area contributed by atoms with Crippen LogP contribution in [-0.2, 0) is 0 Å². The van der Waals surface area contributed by atoms with Crippen LogP contribution in [-0.4, -0.2) is 17.0 Å². The molecule has 0 aliphatic heterocycles. The summed E-state index contributed by atoms with van der Waals surface area (Å²) in [7, 11) is 0. The summed E-state index contributed by atoms with van der Waals surface area (Å²) in [5, 5.41) is 9.68. The molecule has 0 aliphatic rings. The number of benzene rings is 3. The van der Waals surface area contributed by atoms with Crippen molar-refractivity contribution in [1.29, 1.82) is 0 Å². The molecule has 0 unspecified atom stereocenters. The molecule has 3 rings (SSSR count). The summed E-state index contributed by atoms with van der Waals surface area (Å²) in [6, 6.07) is 20.9. The van der Waals surface area contributed by atoms with Crippen molar-refractivity contribution in [3.8, 4) is 0 Å². The van der Waals surface area contributed by atoms with E-state index in [2.05, 4.69) is 31.9 Å². The Morgan fingerprint density at radius 1 is 0.846 bits per heavy atom. The van der Waals surface area contributed by atoms with Crippen molar-refractivity contribution in [2.75, 3.05) is 4.90 Å². The van der Waals surface area contributed by atoms with Gasteiger partial charge in [0.15, 0.2) is 0 Å². The maximum Gasteiger partial charge on any atom is 0.337 e. The highest BCUT2D eigenvalue weighted by molar-refractivity contribution is 9.11. The molecule has 0 aliphatic carbocycles. The molecule has 0 saturated carbocycles. The van der Waals surface area contributed by atoms with E-state index in [1.54, 1.807) is 54.6 Å². The van der Waals surface area contributed by atoms with Crippen LogP contribution in [0.15, 0.2) is 81.7 Å². The molecule has 26 heavy (non-hydrogen) atoms. The molecular formula is C20H13Br2NO3. The molecule has 4 nitrogen and oxygen atoms in total. The van der Waals surface area contributed by atoms with Crippen LogP contribution in [0, 0.1) is 0 Å². The van der Waals surface area contributed by atoms with Crippen LogP contribution < -0.4 is 4.90 Å². The number of para-hydroxylation sites is 1. The summed E-state index contributed by atoms with van der Waals surface area (Å²) < 4.78 is 1.10. The van der Waals surface area contributed by atoms with Gasteiger partial charge in [-0.15, -0.1) is 0 Å². The second-order valence-electron chi connectivity index (χ2n) is 5.43. The number of halogens is 2. The van der Waals surface area contributed by atoms with Gasteiger partial charge in [-0.3, -0.25) is 9.69 Å². The SMILES string of the molecule is O=C(O)c1cc(Br)cc(Br)c1N(C(=O)c1ccccc1)c1ccccc1. The third kappa shape index (κ3) is 3.71. The van der Waals surface area contributed by atoms with Gasteiger partial charge in [0.1, 0.15) is 0 Å². The van der Waals surface area contributed by atoms with E-state index in [9.17, 15) is 14.7 Å². The average Bonchev–Trinajstić information content (AvgIpc) is 2.64. The second kappa shape index (κ2) is 7.85. The molecule has 130 valence electrons. The Morgan fingerprint density at radius 2 is 1.42 bits per heavy atom. The molecule has 0 radical (unpaired) electrons. The lowest BCUT2D eigenvalue weighted by molar-refractivity contribution is 0.0697. The first-order valence-corrected chi connectivity index (χ1v) is 9.24. The number of hydrogen-bond donors (Lipinski definition) is 1. The molecule has 0 heterocycles. The summed E-state index contributed by atoms with van der Waals surface area (Å²) in [5.74, 6) is -1.44. The summed E-state index contributed by atoms with van der Waals surface area (Å²) >= 11 is 6.72. The molecule has 0 atom stereocenters. The highest BCUT2D eigenvalue weighted by Gasteiger charge is 2.27. The normalized spacial score (nSPS) is 10.4. The maximum atomic E-state index is 13.3. The van der Waals surface area contributed by atoms with Crippen molar-refractivity contribution in [2.24, 2.45) is 0 Å². The van der Waals surface area contributed by atoms with E-state index in [1.165, 1.54) is 11.0 Å². The molecule has 0 bridgehead atoms. The summed E-state index contributed by atoms with van der Waals surface area (Å²) in [6.07, 6.45) is 0. The van der Waals surface area contributed by atoms with Crippen LogP contribution >= 0.6 is 31.9 Å². The first kappa shape index (κ1) is 18.4. The molecule has 0 fully saturated rings. The smallest absolute Gasteiger partial charge is 0.337 e. The second-order valence-corrected chi connectivity index (χ2v) is 7.20. The number of hydrogen-bond acceptors (Lipinski definition) is 2. The molecule has 0 aromatic heterocycles. The summed E-state index contributed by atoms with van der Waals surface area (Å²) in [4.78, 5) is 26.5. The molecule has 0 saturated heterocycles. The molecule has 6 heteroatoms. The summed E-state index contributed by atoms with van der Waals surface area (Å²) in [6.45, 7) is 0. The van der Waals surface area contributed by atoms with Crippen molar-refractivity contribution in [3.63, 3.8) is 0 Å². The predicted molar refractivity (Wildman–Crippen MR) is 108 cm³/mol. The fourth-order valence-electron chi connectivity index (χ4n) is 2.59. The Bertz CT molecular complexity index is 960. The zero-order chi connectivity index (χ0) is 18.7. The molecule has 3 aromatic rings. The third-order valence-corrected chi connectivity index (χ3v) is 4.78. The van der Waals surface area contributed by atoms with Crippen molar-refractivity contribution in [1.82, 2.24) is 0 Å². The Hall–Kier alpha value is -2.44. The Labute approximate surface area is 167 Å². The quantitative estimate of drug-likeness (QED) is 0.513. The van der Waals surface area contributed by atoms with Gasteiger partial charge >= 0.3 is 5.97 Å². The zero-order valence-corrected chi connectivity index (χ0v) is 16.6. The van der Waals surface area contributed by atoms with Gasteiger partial charge in [-0.1, -0.05) is 52.3 Å². The van der Waals surface area contributed by atoms with Gasteiger partial charge in [-0.05, 0) is 52.3 Å². The lowest BCUT2D eigenvalue weighted by atomic mass is 10.1. The number of carbonyl (C=O) groups excluding carboxylic acids is 1. The number of carboxylic acids is 1. The minimum absolute atomic E-state index is 0.0133. The summed E-state index contributed by atoms with van der Waals surface area (Å²) in [5.41, 5.74) is 1.33. The number of amides is 1. The first-order chi connectivity index (χ1) is 12.5. The first-order valence-electron chi connectivity index (χ1n) is 7.66.